The monoisotopic (exact) mass is 586 g/mol. The largest absolute Gasteiger partial charge is 0.416 e. The maximum absolute atomic E-state index is 13.5. The van der Waals surface area contributed by atoms with Crippen molar-refractivity contribution in [1.29, 1.82) is 5.41 Å². The van der Waals surface area contributed by atoms with Crippen LogP contribution in [-0.4, -0.2) is 48.2 Å². The van der Waals surface area contributed by atoms with Crippen LogP contribution in [0, 0.1) is 5.41 Å². The highest BCUT2D eigenvalue weighted by atomic mass is 19.4. The predicted octanol–water partition coefficient (Wildman–Crippen LogP) is 5.77. The highest BCUT2D eigenvalue weighted by Gasteiger charge is 2.37. The zero-order chi connectivity index (χ0) is 30.5. The molecule has 0 aliphatic heterocycles. The van der Waals surface area contributed by atoms with Crippen LogP contribution in [0.5, 0.6) is 0 Å². The fourth-order valence-electron chi connectivity index (χ4n) is 5.12. The summed E-state index contributed by atoms with van der Waals surface area (Å²) in [6.45, 7) is 3.79. The van der Waals surface area contributed by atoms with E-state index >= 15 is 0 Å². The molecule has 1 aromatic heterocycles. The number of nitrogens with zero attached hydrogens (tertiary/aromatic N) is 4. The summed E-state index contributed by atoms with van der Waals surface area (Å²) in [6, 6.07) is 3.44. The van der Waals surface area contributed by atoms with Gasteiger partial charge in [0.15, 0.2) is 0 Å². The van der Waals surface area contributed by atoms with E-state index in [1.807, 2.05) is 6.92 Å². The number of rotatable bonds is 10. The first-order valence-corrected chi connectivity index (χ1v) is 13.3. The Hall–Kier alpha value is -3.71. The van der Waals surface area contributed by atoms with Gasteiger partial charge in [0.2, 0.25) is 5.96 Å². The van der Waals surface area contributed by atoms with Gasteiger partial charge in [0.1, 0.15) is 11.6 Å². The van der Waals surface area contributed by atoms with Gasteiger partial charge in [-0.1, -0.05) is 12.8 Å². The molecule has 226 valence electrons. The number of benzene rings is 1. The SMILES string of the molecule is CCN(c1nc(NC)c(C(C)=N)cc1CN(Cc1cc(C(F)(F)F)cc(C(F)(F)F)c1)/C(N)=N/NC)C1CCCC1. The molecule has 8 nitrogen and oxygen atoms in total. The summed E-state index contributed by atoms with van der Waals surface area (Å²) >= 11 is 0. The average Bonchev–Trinajstić information content (AvgIpc) is 3.42. The third-order valence-corrected chi connectivity index (χ3v) is 7.03. The average molecular weight is 587 g/mol. The fourth-order valence-corrected chi connectivity index (χ4v) is 5.12. The molecule has 0 radical (unpaired) electrons. The fraction of sp³-hybridized carbons (Fsp3) is 0.519. The van der Waals surface area contributed by atoms with E-state index in [4.69, 9.17) is 16.1 Å². The molecule has 3 rings (SSSR count). The maximum atomic E-state index is 13.5. The normalized spacial score (nSPS) is 14.7. The number of hydrogen-bond donors (Lipinski definition) is 4. The summed E-state index contributed by atoms with van der Waals surface area (Å²) in [7, 11) is 3.17. The van der Waals surface area contributed by atoms with Crippen molar-refractivity contribution in [3.05, 3.63) is 52.1 Å². The van der Waals surface area contributed by atoms with Crippen LogP contribution in [-0.2, 0) is 25.4 Å². The number of aromatic nitrogens is 1. The number of halogens is 6. The molecule has 1 aromatic carbocycles. The molecular formula is C27H36F6N8. The van der Waals surface area contributed by atoms with E-state index in [1.54, 1.807) is 20.0 Å². The Labute approximate surface area is 235 Å². The van der Waals surface area contributed by atoms with E-state index in [-0.39, 0.29) is 35.9 Å². The Morgan fingerprint density at radius 3 is 2.07 bits per heavy atom. The second-order valence-electron chi connectivity index (χ2n) is 9.93. The first kappa shape index (κ1) is 31.8. The third kappa shape index (κ3) is 7.73. The van der Waals surface area contributed by atoms with Crippen LogP contribution >= 0.6 is 0 Å². The minimum Gasteiger partial charge on any atom is -0.373 e. The Kier molecular flexibility index (Phi) is 9.98. The quantitative estimate of drug-likeness (QED) is 0.122. The van der Waals surface area contributed by atoms with Gasteiger partial charge in [0.25, 0.3) is 0 Å². The molecule has 1 heterocycles. The van der Waals surface area contributed by atoms with Crippen LogP contribution < -0.4 is 21.4 Å². The smallest absolute Gasteiger partial charge is 0.373 e. The Morgan fingerprint density at radius 1 is 1.02 bits per heavy atom. The predicted molar refractivity (Wildman–Crippen MR) is 148 cm³/mol. The minimum absolute atomic E-state index is 0.0373. The number of hydrazone groups is 1. The number of anilines is 2. The molecule has 0 spiro atoms. The van der Waals surface area contributed by atoms with Gasteiger partial charge in [-0.05, 0) is 56.5 Å². The van der Waals surface area contributed by atoms with Gasteiger partial charge in [-0.15, -0.1) is 5.10 Å². The van der Waals surface area contributed by atoms with Crippen molar-refractivity contribution >= 4 is 23.3 Å². The number of hydrogen-bond acceptors (Lipinski definition) is 6. The summed E-state index contributed by atoms with van der Waals surface area (Å²) in [6.07, 6.45) is -5.90. The van der Waals surface area contributed by atoms with Crippen molar-refractivity contribution in [3.8, 4) is 0 Å². The first-order chi connectivity index (χ1) is 19.2. The number of alkyl halides is 6. The van der Waals surface area contributed by atoms with E-state index in [2.05, 4.69) is 20.7 Å². The van der Waals surface area contributed by atoms with Crippen molar-refractivity contribution in [1.82, 2.24) is 15.3 Å². The molecule has 0 atom stereocenters. The van der Waals surface area contributed by atoms with Crippen LogP contribution in [0.25, 0.3) is 0 Å². The standard InChI is InChI=1S/C27H36F6N8/c1-5-41(21-8-6-7-9-21)24-18(12-22(16(2)34)23(36-3)38-24)15-40(25(35)39-37-4)14-17-10-19(26(28,29)30)13-20(11-17)27(31,32)33/h10-13,21,34,37H,5-9,14-15H2,1-4H3,(H2,35,39)(H,36,38). The van der Waals surface area contributed by atoms with Gasteiger partial charge >= 0.3 is 12.4 Å². The molecule has 41 heavy (non-hydrogen) atoms. The lowest BCUT2D eigenvalue weighted by molar-refractivity contribution is -0.143. The van der Waals surface area contributed by atoms with E-state index < -0.39 is 30.0 Å². The van der Waals surface area contributed by atoms with Crippen LogP contribution in [0.15, 0.2) is 29.4 Å². The van der Waals surface area contributed by atoms with E-state index in [0.29, 0.717) is 41.4 Å². The van der Waals surface area contributed by atoms with E-state index in [1.165, 1.54) is 11.9 Å². The molecule has 14 heteroatoms. The topological polar surface area (TPSA) is 106 Å². The number of pyridine rings is 1. The number of nitrogens with two attached hydrogens (primary N) is 1. The molecule has 1 aliphatic carbocycles. The second-order valence-corrected chi connectivity index (χ2v) is 9.93. The van der Waals surface area contributed by atoms with Gasteiger partial charge in [-0.2, -0.15) is 26.3 Å². The van der Waals surface area contributed by atoms with Crippen molar-refractivity contribution in [3.63, 3.8) is 0 Å². The summed E-state index contributed by atoms with van der Waals surface area (Å²) in [5, 5.41) is 15.3. The molecule has 0 saturated heterocycles. The highest BCUT2D eigenvalue weighted by molar-refractivity contribution is 6.01. The first-order valence-electron chi connectivity index (χ1n) is 13.3. The Morgan fingerprint density at radius 2 is 1.61 bits per heavy atom. The van der Waals surface area contributed by atoms with Gasteiger partial charge in [0, 0.05) is 56.6 Å². The zero-order valence-corrected chi connectivity index (χ0v) is 23.5. The molecule has 1 aliphatic rings. The zero-order valence-electron chi connectivity index (χ0n) is 23.5. The molecule has 1 saturated carbocycles. The van der Waals surface area contributed by atoms with Gasteiger partial charge < -0.3 is 31.7 Å². The maximum Gasteiger partial charge on any atom is 0.416 e. The van der Waals surface area contributed by atoms with Gasteiger partial charge in [0.05, 0.1) is 11.1 Å². The molecule has 1 fully saturated rings. The van der Waals surface area contributed by atoms with Crippen molar-refractivity contribution in [2.45, 2.75) is 71.0 Å². The lowest BCUT2D eigenvalue weighted by atomic mass is 10.0. The summed E-state index contributed by atoms with van der Waals surface area (Å²) in [5.74, 6) is 0.957. The molecular weight excluding hydrogens is 550 g/mol. The van der Waals surface area contributed by atoms with Crippen molar-refractivity contribution < 1.29 is 26.3 Å². The lowest BCUT2D eigenvalue weighted by Crippen LogP contribution is -2.39. The summed E-state index contributed by atoms with van der Waals surface area (Å²) in [4.78, 5) is 8.38. The molecule has 5 N–H and O–H groups in total. The van der Waals surface area contributed by atoms with Crippen LogP contribution in [0.4, 0.5) is 38.0 Å². The number of nitrogens with one attached hydrogen (secondary N) is 3. The van der Waals surface area contributed by atoms with E-state index in [0.717, 1.165) is 25.7 Å². The second kappa shape index (κ2) is 12.9. The third-order valence-electron chi connectivity index (χ3n) is 7.03. The van der Waals surface area contributed by atoms with Gasteiger partial charge in [-0.3, -0.25) is 0 Å². The van der Waals surface area contributed by atoms with Crippen molar-refractivity contribution in [2.24, 2.45) is 10.8 Å². The van der Waals surface area contributed by atoms with E-state index in [9.17, 15) is 26.3 Å². The Bertz CT molecular complexity index is 1220. The van der Waals surface area contributed by atoms with Crippen molar-refractivity contribution in [2.75, 3.05) is 30.9 Å². The van der Waals surface area contributed by atoms with Crippen LogP contribution in [0.2, 0.25) is 0 Å². The molecule has 0 unspecified atom stereocenters. The lowest BCUT2D eigenvalue weighted by Gasteiger charge is -2.33. The Balaban J connectivity index is 2.15. The highest BCUT2D eigenvalue weighted by Crippen LogP contribution is 2.37. The summed E-state index contributed by atoms with van der Waals surface area (Å²) in [5.41, 5.74) is 7.00. The molecule has 0 amide bonds. The van der Waals surface area contributed by atoms with Crippen LogP contribution in [0.1, 0.15) is 67.3 Å². The van der Waals surface area contributed by atoms with Gasteiger partial charge in [-0.25, -0.2) is 4.98 Å². The molecule has 0 bridgehead atoms. The molecule has 2 aromatic rings. The minimum atomic E-state index is -4.98. The summed E-state index contributed by atoms with van der Waals surface area (Å²) < 4.78 is 81.2. The van der Waals surface area contributed by atoms with Crippen LogP contribution in [0.3, 0.4) is 0 Å². The number of guanidine groups is 1.